The van der Waals surface area contributed by atoms with Gasteiger partial charge in [0, 0.05) is 12.2 Å². The summed E-state index contributed by atoms with van der Waals surface area (Å²) in [5, 5.41) is 6.90. The number of nitrogens with one attached hydrogen (secondary N) is 1. The van der Waals surface area contributed by atoms with Crippen molar-refractivity contribution < 1.29 is 14.3 Å². The van der Waals surface area contributed by atoms with Gasteiger partial charge in [-0.15, -0.1) is 0 Å². The highest BCUT2D eigenvalue weighted by Crippen LogP contribution is 2.21. The topological polar surface area (TPSA) is 98.5 Å². The summed E-state index contributed by atoms with van der Waals surface area (Å²) in [6, 6.07) is 15.9. The normalized spacial score (nSPS) is 12.7. The smallest absolute Gasteiger partial charge is 0.354 e. The first-order valence-electron chi connectivity index (χ1n) is 9.02. The van der Waals surface area contributed by atoms with Crippen molar-refractivity contribution in [2.45, 2.75) is 19.6 Å². The molecule has 1 aromatic heterocycles. The molecular formula is C20H19N5O4. The number of amides is 2. The van der Waals surface area contributed by atoms with Crippen LogP contribution in [0.15, 0.2) is 59.4 Å². The second-order valence-corrected chi connectivity index (χ2v) is 6.52. The number of anilines is 1. The Labute approximate surface area is 166 Å². The molecule has 148 valence electrons. The first-order valence-corrected chi connectivity index (χ1v) is 9.02. The molecule has 9 nitrogen and oxygen atoms in total. The van der Waals surface area contributed by atoms with Crippen molar-refractivity contribution in [1.82, 2.24) is 19.7 Å². The standard InChI is InChI=1S/C20H19N5O4/c1-29-16-9-5-6-14(10-16)11-21-18(26)13-24-20(28)25-17(22-24)12-23(19(25)27)15-7-3-2-4-8-15/h2-10H,11-13H2,1H3,(H,21,26). The molecule has 4 rings (SSSR count). The van der Waals surface area contributed by atoms with Crippen molar-refractivity contribution in [2.24, 2.45) is 0 Å². The summed E-state index contributed by atoms with van der Waals surface area (Å²) in [5.74, 6) is 0.628. The zero-order valence-electron chi connectivity index (χ0n) is 15.7. The van der Waals surface area contributed by atoms with Crippen molar-refractivity contribution in [2.75, 3.05) is 12.0 Å². The van der Waals surface area contributed by atoms with E-state index >= 15 is 0 Å². The number of benzene rings is 2. The minimum atomic E-state index is -0.625. The van der Waals surface area contributed by atoms with Crippen LogP contribution in [-0.4, -0.2) is 33.4 Å². The van der Waals surface area contributed by atoms with Crippen LogP contribution in [0.1, 0.15) is 11.4 Å². The number of ether oxygens (including phenoxy) is 1. The van der Waals surface area contributed by atoms with Gasteiger partial charge in [0.2, 0.25) is 5.91 Å². The van der Waals surface area contributed by atoms with Crippen molar-refractivity contribution in [3.05, 3.63) is 76.5 Å². The molecule has 3 aromatic rings. The molecule has 1 aliphatic rings. The molecule has 29 heavy (non-hydrogen) atoms. The third kappa shape index (κ3) is 3.62. The van der Waals surface area contributed by atoms with Gasteiger partial charge in [0.15, 0.2) is 5.82 Å². The van der Waals surface area contributed by atoms with Crippen molar-refractivity contribution in [1.29, 1.82) is 0 Å². The molecule has 0 unspecified atom stereocenters. The van der Waals surface area contributed by atoms with Crippen LogP contribution in [0.4, 0.5) is 10.5 Å². The zero-order chi connectivity index (χ0) is 20.4. The lowest BCUT2D eigenvalue weighted by molar-refractivity contribution is -0.122. The van der Waals surface area contributed by atoms with Crippen LogP contribution in [-0.2, 0) is 24.4 Å². The lowest BCUT2D eigenvalue weighted by Crippen LogP contribution is -2.37. The molecule has 0 aliphatic carbocycles. The molecule has 2 amide bonds. The van der Waals surface area contributed by atoms with E-state index in [-0.39, 0.29) is 19.0 Å². The van der Waals surface area contributed by atoms with E-state index in [1.807, 2.05) is 42.5 Å². The summed E-state index contributed by atoms with van der Waals surface area (Å²) < 4.78 is 7.16. The molecule has 0 radical (unpaired) electrons. The molecule has 9 heteroatoms. The van der Waals surface area contributed by atoms with Gasteiger partial charge >= 0.3 is 11.7 Å². The van der Waals surface area contributed by atoms with E-state index in [0.717, 1.165) is 14.8 Å². The minimum absolute atomic E-state index is 0.177. The maximum atomic E-state index is 12.6. The molecule has 2 heterocycles. The fraction of sp³-hybridized carbons (Fsp3) is 0.200. The van der Waals surface area contributed by atoms with E-state index in [0.29, 0.717) is 23.8 Å². The molecule has 0 saturated heterocycles. The van der Waals surface area contributed by atoms with Crippen LogP contribution in [0.25, 0.3) is 0 Å². The Hall–Kier alpha value is -3.88. The van der Waals surface area contributed by atoms with Gasteiger partial charge in [0.25, 0.3) is 0 Å². The number of para-hydroxylation sites is 1. The van der Waals surface area contributed by atoms with Crippen molar-refractivity contribution in [3.63, 3.8) is 0 Å². The number of fused-ring (bicyclic) bond motifs is 1. The Balaban J connectivity index is 1.43. The van der Waals surface area contributed by atoms with E-state index in [1.54, 1.807) is 19.2 Å². The fourth-order valence-corrected chi connectivity index (χ4v) is 3.16. The summed E-state index contributed by atoms with van der Waals surface area (Å²) in [7, 11) is 1.57. The van der Waals surface area contributed by atoms with Gasteiger partial charge < -0.3 is 10.1 Å². The quantitative estimate of drug-likeness (QED) is 0.682. The summed E-state index contributed by atoms with van der Waals surface area (Å²) in [5.41, 5.74) is 0.927. The van der Waals surface area contributed by atoms with Gasteiger partial charge in [-0.05, 0) is 29.8 Å². The summed E-state index contributed by atoms with van der Waals surface area (Å²) in [6.45, 7) is 0.205. The van der Waals surface area contributed by atoms with Gasteiger partial charge in [0.05, 0.1) is 13.7 Å². The van der Waals surface area contributed by atoms with Crippen LogP contribution in [0.2, 0.25) is 0 Å². The molecule has 0 bridgehead atoms. The highest BCUT2D eigenvalue weighted by molar-refractivity contribution is 5.96. The van der Waals surface area contributed by atoms with E-state index in [1.165, 1.54) is 4.90 Å². The Morgan fingerprint density at radius 2 is 1.93 bits per heavy atom. The lowest BCUT2D eigenvalue weighted by atomic mass is 10.2. The molecule has 0 spiro atoms. The maximum Gasteiger partial charge on any atom is 0.354 e. The second-order valence-electron chi connectivity index (χ2n) is 6.52. The Bertz CT molecular complexity index is 1120. The Kier molecular flexibility index (Phi) is 4.86. The number of rotatable bonds is 6. The first kappa shape index (κ1) is 18.5. The second kappa shape index (κ2) is 7.63. The molecule has 1 N–H and O–H groups in total. The highest BCUT2D eigenvalue weighted by atomic mass is 16.5. The van der Waals surface area contributed by atoms with Gasteiger partial charge in [0.1, 0.15) is 12.3 Å². The zero-order valence-corrected chi connectivity index (χ0v) is 15.7. The minimum Gasteiger partial charge on any atom is -0.497 e. The molecule has 0 fully saturated rings. The largest absolute Gasteiger partial charge is 0.497 e. The third-order valence-corrected chi connectivity index (χ3v) is 4.61. The maximum absolute atomic E-state index is 12.6. The van der Waals surface area contributed by atoms with Crippen LogP contribution in [0, 0.1) is 0 Å². The fourth-order valence-electron chi connectivity index (χ4n) is 3.16. The predicted molar refractivity (Wildman–Crippen MR) is 105 cm³/mol. The van der Waals surface area contributed by atoms with E-state index in [9.17, 15) is 14.4 Å². The van der Waals surface area contributed by atoms with Gasteiger partial charge in [-0.2, -0.15) is 9.67 Å². The van der Waals surface area contributed by atoms with E-state index in [4.69, 9.17) is 4.74 Å². The summed E-state index contributed by atoms with van der Waals surface area (Å²) in [4.78, 5) is 38.9. The highest BCUT2D eigenvalue weighted by Gasteiger charge is 2.33. The molecule has 0 saturated carbocycles. The van der Waals surface area contributed by atoms with E-state index in [2.05, 4.69) is 10.4 Å². The average Bonchev–Trinajstić information content (AvgIpc) is 3.23. The third-order valence-electron chi connectivity index (χ3n) is 4.61. The average molecular weight is 393 g/mol. The Morgan fingerprint density at radius 3 is 2.66 bits per heavy atom. The van der Waals surface area contributed by atoms with E-state index < -0.39 is 11.7 Å². The lowest BCUT2D eigenvalue weighted by Gasteiger charge is -2.14. The predicted octanol–water partition coefficient (Wildman–Crippen LogP) is 1.36. The van der Waals surface area contributed by atoms with Crippen LogP contribution in [0.3, 0.4) is 0 Å². The van der Waals surface area contributed by atoms with Crippen LogP contribution < -0.4 is 20.6 Å². The monoisotopic (exact) mass is 393 g/mol. The first-order chi connectivity index (χ1) is 14.1. The molecular weight excluding hydrogens is 374 g/mol. The number of carbonyl (C=O) groups is 2. The molecule has 1 aliphatic heterocycles. The number of hydrogen-bond donors (Lipinski definition) is 1. The number of methoxy groups -OCH3 is 1. The molecule has 0 atom stereocenters. The van der Waals surface area contributed by atoms with Crippen molar-refractivity contribution in [3.8, 4) is 5.75 Å². The number of hydrogen-bond acceptors (Lipinski definition) is 5. The SMILES string of the molecule is COc1cccc(CNC(=O)Cn2nc3n(c2=O)C(=O)N(c2ccccc2)C3)c1. The summed E-state index contributed by atoms with van der Waals surface area (Å²) in [6.07, 6.45) is 0. The van der Waals surface area contributed by atoms with Gasteiger partial charge in [-0.3, -0.25) is 9.69 Å². The van der Waals surface area contributed by atoms with Gasteiger partial charge in [-0.1, -0.05) is 30.3 Å². The van der Waals surface area contributed by atoms with Crippen LogP contribution >= 0.6 is 0 Å². The number of aromatic nitrogens is 3. The summed E-state index contributed by atoms with van der Waals surface area (Å²) >= 11 is 0. The van der Waals surface area contributed by atoms with Crippen LogP contribution in [0.5, 0.6) is 5.75 Å². The number of carbonyl (C=O) groups excluding carboxylic acids is 2. The van der Waals surface area contributed by atoms with Crippen molar-refractivity contribution >= 4 is 17.6 Å². The molecule has 2 aromatic carbocycles. The Morgan fingerprint density at radius 1 is 1.14 bits per heavy atom. The van der Waals surface area contributed by atoms with Gasteiger partial charge in [-0.25, -0.2) is 14.3 Å². The number of nitrogens with zero attached hydrogens (tertiary/aromatic N) is 4.